The largest absolute Gasteiger partial charge is 0.481 e. The van der Waals surface area contributed by atoms with Gasteiger partial charge < -0.3 is 9.14 Å². The number of fused-ring (bicyclic) bond motifs is 1. The quantitative estimate of drug-likeness (QED) is 0.630. The lowest BCUT2D eigenvalue weighted by molar-refractivity contribution is 0.398. The van der Waals surface area contributed by atoms with Gasteiger partial charge in [-0.25, -0.2) is 9.97 Å². The fraction of sp³-hybridized carbons (Fsp3) is 0.0625. The predicted octanol–water partition coefficient (Wildman–Crippen LogP) is 2.79. The molecule has 0 atom stereocenters. The minimum absolute atomic E-state index is 0.600. The van der Waals surface area contributed by atoms with Crippen LogP contribution in [0.3, 0.4) is 0 Å². The monoisotopic (exact) mass is 291 g/mol. The molecule has 0 aliphatic heterocycles. The van der Waals surface area contributed by atoms with Gasteiger partial charge in [0, 0.05) is 46.9 Å². The van der Waals surface area contributed by atoms with Crippen molar-refractivity contribution >= 4 is 5.52 Å². The summed E-state index contributed by atoms with van der Waals surface area (Å²) in [5.74, 6) is 0.600. The predicted molar refractivity (Wildman–Crippen MR) is 82.6 cm³/mol. The van der Waals surface area contributed by atoms with Crippen molar-refractivity contribution in [3.8, 4) is 28.1 Å². The van der Waals surface area contributed by atoms with Crippen LogP contribution >= 0.6 is 0 Å². The number of imidazole rings is 1. The van der Waals surface area contributed by atoms with Crippen molar-refractivity contribution in [3.05, 3.63) is 55.5 Å². The van der Waals surface area contributed by atoms with E-state index in [1.54, 1.807) is 25.8 Å². The summed E-state index contributed by atoms with van der Waals surface area (Å²) in [5.41, 5.74) is 5.19. The standard InChI is InChI=1S/C16H13N5O/c1-22-16-3-2-11(5-18-16)12-4-14(13-6-19-20-7-13)15-8-17-10-21(15)9-12/h2-10H,1H3,(H,19,20). The number of H-pyrrole nitrogens is 1. The van der Waals surface area contributed by atoms with Crippen molar-refractivity contribution in [1.82, 2.24) is 24.6 Å². The summed E-state index contributed by atoms with van der Waals surface area (Å²) in [6, 6.07) is 5.96. The third-order valence-corrected chi connectivity index (χ3v) is 3.61. The number of nitrogens with one attached hydrogen (secondary N) is 1. The highest BCUT2D eigenvalue weighted by Crippen LogP contribution is 2.29. The third kappa shape index (κ3) is 2.01. The number of methoxy groups -OCH3 is 1. The van der Waals surface area contributed by atoms with Crippen molar-refractivity contribution in [3.63, 3.8) is 0 Å². The summed E-state index contributed by atoms with van der Waals surface area (Å²) in [5, 5.41) is 6.88. The molecule has 6 nitrogen and oxygen atoms in total. The Morgan fingerprint density at radius 2 is 2.05 bits per heavy atom. The lowest BCUT2D eigenvalue weighted by Crippen LogP contribution is -1.91. The van der Waals surface area contributed by atoms with E-state index >= 15 is 0 Å². The minimum atomic E-state index is 0.600. The van der Waals surface area contributed by atoms with Gasteiger partial charge in [-0.1, -0.05) is 0 Å². The zero-order chi connectivity index (χ0) is 14.9. The van der Waals surface area contributed by atoms with Crippen molar-refractivity contribution in [2.24, 2.45) is 0 Å². The molecule has 0 saturated carbocycles. The van der Waals surface area contributed by atoms with Crippen molar-refractivity contribution in [1.29, 1.82) is 0 Å². The average Bonchev–Trinajstić information content (AvgIpc) is 3.25. The van der Waals surface area contributed by atoms with Gasteiger partial charge in [0.2, 0.25) is 5.88 Å². The van der Waals surface area contributed by atoms with E-state index in [-0.39, 0.29) is 0 Å². The van der Waals surface area contributed by atoms with Gasteiger partial charge in [-0.15, -0.1) is 0 Å². The first-order valence-corrected chi connectivity index (χ1v) is 6.80. The number of aromatic amines is 1. The highest BCUT2D eigenvalue weighted by atomic mass is 16.5. The van der Waals surface area contributed by atoms with Crippen LogP contribution in [0.15, 0.2) is 55.5 Å². The highest BCUT2D eigenvalue weighted by Gasteiger charge is 2.10. The minimum Gasteiger partial charge on any atom is -0.481 e. The van der Waals surface area contributed by atoms with Crippen molar-refractivity contribution < 1.29 is 4.74 Å². The molecular weight excluding hydrogens is 278 g/mol. The number of rotatable bonds is 3. The van der Waals surface area contributed by atoms with Gasteiger partial charge in [0.1, 0.15) is 0 Å². The van der Waals surface area contributed by atoms with E-state index in [0.29, 0.717) is 5.88 Å². The Morgan fingerprint density at radius 3 is 2.77 bits per heavy atom. The van der Waals surface area contributed by atoms with Gasteiger partial charge in [0.05, 0.1) is 31.3 Å². The Balaban J connectivity index is 1.91. The molecule has 4 rings (SSSR count). The smallest absolute Gasteiger partial charge is 0.212 e. The molecule has 4 aromatic heterocycles. The summed E-state index contributed by atoms with van der Waals surface area (Å²) in [6.07, 6.45) is 11.2. The fourth-order valence-corrected chi connectivity index (χ4v) is 2.49. The first-order valence-electron chi connectivity index (χ1n) is 6.80. The Morgan fingerprint density at radius 1 is 1.09 bits per heavy atom. The van der Waals surface area contributed by atoms with Crippen LogP contribution in [0.25, 0.3) is 27.8 Å². The summed E-state index contributed by atoms with van der Waals surface area (Å²) < 4.78 is 7.11. The second-order valence-corrected chi connectivity index (χ2v) is 4.90. The molecule has 108 valence electrons. The van der Waals surface area contributed by atoms with E-state index < -0.39 is 0 Å². The molecular formula is C16H13N5O. The summed E-state index contributed by atoms with van der Waals surface area (Å²) in [4.78, 5) is 8.50. The maximum atomic E-state index is 5.11. The highest BCUT2D eigenvalue weighted by molar-refractivity contribution is 5.83. The van der Waals surface area contributed by atoms with Crippen LogP contribution in [-0.4, -0.2) is 31.7 Å². The molecule has 0 aliphatic carbocycles. The van der Waals surface area contributed by atoms with Crippen LogP contribution in [0.1, 0.15) is 0 Å². The van der Waals surface area contributed by atoms with Crippen LogP contribution in [-0.2, 0) is 0 Å². The zero-order valence-electron chi connectivity index (χ0n) is 11.9. The van der Waals surface area contributed by atoms with Crippen LogP contribution in [0.5, 0.6) is 5.88 Å². The van der Waals surface area contributed by atoms with E-state index in [1.165, 1.54) is 0 Å². The summed E-state index contributed by atoms with van der Waals surface area (Å²) in [6.45, 7) is 0. The Labute approximate surface area is 126 Å². The number of hydrogen-bond acceptors (Lipinski definition) is 4. The van der Waals surface area contributed by atoms with Gasteiger partial charge in [-0.3, -0.25) is 5.10 Å². The lowest BCUT2D eigenvalue weighted by atomic mass is 10.0. The molecule has 0 fully saturated rings. The topological polar surface area (TPSA) is 68.1 Å². The first kappa shape index (κ1) is 12.6. The fourth-order valence-electron chi connectivity index (χ4n) is 2.49. The van der Waals surface area contributed by atoms with Gasteiger partial charge in [0.25, 0.3) is 0 Å². The van der Waals surface area contributed by atoms with E-state index in [0.717, 1.165) is 27.8 Å². The van der Waals surface area contributed by atoms with Crippen LogP contribution in [0.4, 0.5) is 0 Å². The lowest BCUT2D eigenvalue weighted by Gasteiger charge is -2.08. The SMILES string of the molecule is COc1ccc(-c2cc(-c3cn[nH]c3)c3cncn3c2)cn1. The molecule has 0 unspecified atom stereocenters. The van der Waals surface area contributed by atoms with Gasteiger partial charge in [-0.2, -0.15) is 5.10 Å². The molecule has 0 amide bonds. The van der Waals surface area contributed by atoms with E-state index in [1.807, 2.05) is 35.1 Å². The number of hydrogen-bond donors (Lipinski definition) is 1. The molecule has 0 radical (unpaired) electrons. The molecule has 22 heavy (non-hydrogen) atoms. The normalized spacial score (nSPS) is 11.0. The van der Waals surface area contributed by atoms with Gasteiger partial charge in [-0.05, 0) is 12.1 Å². The van der Waals surface area contributed by atoms with Gasteiger partial charge in [0.15, 0.2) is 0 Å². The number of aromatic nitrogens is 5. The maximum Gasteiger partial charge on any atom is 0.212 e. The molecule has 0 spiro atoms. The summed E-state index contributed by atoms with van der Waals surface area (Å²) >= 11 is 0. The van der Waals surface area contributed by atoms with E-state index in [9.17, 15) is 0 Å². The Hall–Kier alpha value is -3.15. The third-order valence-electron chi connectivity index (χ3n) is 3.61. The Bertz CT molecular complexity index is 910. The van der Waals surface area contributed by atoms with Crippen LogP contribution in [0, 0.1) is 0 Å². The van der Waals surface area contributed by atoms with Gasteiger partial charge >= 0.3 is 0 Å². The maximum absolute atomic E-state index is 5.11. The molecule has 0 aromatic carbocycles. The van der Waals surface area contributed by atoms with Crippen molar-refractivity contribution in [2.45, 2.75) is 0 Å². The second-order valence-electron chi connectivity index (χ2n) is 4.90. The van der Waals surface area contributed by atoms with Crippen LogP contribution < -0.4 is 4.74 Å². The average molecular weight is 291 g/mol. The number of pyridine rings is 2. The first-order chi connectivity index (χ1) is 10.8. The summed E-state index contributed by atoms with van der Waals surface area (Å²) in [7, 11) is 1.61. The molecule has 1 N–H and O–H groups in total. The van der Waals surface area contributed by atoms with Crippen LogP contribution in [0.2, 0.25) is 0 Å². The molecule has 0 saturated heterocycles. The Kier molecular flexibility index (Phi) is 2.86. The zero-order valence-corrected chi connectivity index (χ0v) is 11.9. The molecule has 6 heteroatoms. The van der Waals surface area contributed by atoms with Crippen molar-refractivity contribution in [2.75, 3.05) is 7.11 Å². The number of nitrogens with zero attached hydrogens (tertiary/aromatic N) is 4. The second kappa shape index (κ2) is 5.00. The molecule has 0 aliphatic rings. The van der Waals surface area contributed by atoms with E-state index in [4.69, 9.17) is 4.74 Å². The molecule has 4 aromatic rings. The molecule has 0 bridgehead atoms. The van der Waals surface area contributed by atoms with E-state index in [2.05, 4.69) is 26.2 Å². The molecule has 4 heterocycles. The number of ether oxygens (including phenoxy) is 1.